The fraction of sp³-hybridized carbons (Fsp3) is 0.143. The van der Waals surface area contributed by atoms with E-state index in [0.29, 0.717) is 11.6 Å². The molecule has 0 aliphatic heterocycles. The van der Waals surface area contributed by atoms with E-state index in [1.54, 1.807) is 24.5 Å². The maximum Gasteiger partial charge on any atom is 0.215 e. The number of methoxy groups -OCH3 is 1. The molecule has 0 aliphatic rings. The Bertz CT molecular complexity index is 279. The average Bonchev–Trinajstić information content (AvgIpc) is 2.06. The van der Waals surface area contributed by atoms with Crippen molar-refractivity contribution >= 4 is 5.69 Å². The van der Waals surface area contributed by atoms with Crippen LogP contribution in [0.2, 0.25) is 0 Å². The van der Waals surface area contributed by atoms with Crippen LogP contribution in [-0.4, -0.2) is 12.1 Å². The first-order valence-corrected chi connectivity index (χ1v) is 3.02. The molecule has 0 fully saturated rings. The van der Waals surface area contributed by atoms with Crippen LogP contribution in [0.5, 0.6) is 5.88 Å². The predicted octanol–water partition coefficient (Wildman–Crippen LogP) is 0.983. The largest absolute Gasteiger partial charge is 0.481 e. The molecule has 11 heavy (non-hydrogen) atoms. The smallest absolute Gasteiger partial charge is 0.215 e. The van der Waals surface area contributed by atoms with Gasteiger partial charge in [0.15, 0.2) is 6.19 Å². The highest BCUT2D eigenvalue weighted by Crippen LogP contribution is 2.12. The summed E-state index contributed by atoms with van der Waals surface area (Å²) < 4.78 is 4.84. The first-order valence-electron chi connectivity index (χ1n) is 3.02. The summed E-state index contributed by atoms with van der Waals surface area (Å²) >= 11 is 0. The minimum atomic E-state index is 0.491. The van der Waals surface area contributed by atoms with Crippen LogP contribution < -0.4 is 10.1 Å². The minimum Gasteiger partial charge on any atom is -0.481 e. The zero-order valence-electron chi connectivity index (χ0n) is 6.03. The molecule has 1 rings (SSSR count). The maximum absolute atomic E-state index is 8.26. The van der Waals surface area contributed by atoms with Gasteiger partial charge in [0.05, 0.1) is 12.8 Å². The minimum absolute atomic E-state index is 0.491. The van der Waals surface area contributed by atoms with E-state index in [0.717, 1.165) is 0 Å². The number of hydrogen-bond acceptors (Lipinski definition) is 4. The van der Waals surface area contributed by atoms with Crippen LogP contribution in [0.3, 0.4) is 0 Å². The number of nitrogens with zero attached hydrogens (tertiary/aromatic N) is 2. The van der Waals surface area contributed by atoms with Gasteiger partial charge >= 0.3 is 0 Å². The Labute approximate surface area is 64.4 Å². The van der Waals surface area contributed by atoms with Crippen molar-refractivity contribution in [2.45, 2.75) is 0 Å². The van der Waals surface area contributed by atoms with E-state index in [4.69, 9.17) is 10.00 Å². The normalized spacial score (nSPS) is 8.36. The summed E-state index contributed by atoms with van der Waals surface area (Å²) in [5.41, 5.74) is 0.680. The molecule has 0 saturated carbocycles. The zero-order valence-corrected chi connectivity index (χ0v) is 6.03. The van der Waals surface area contributed by atoms with Crippen molar-refractivity contribution in [3.8, 4) is 12.1 Å². The highest BCUT2D eigenvalue weighted by Gasteiger charge is 1.93. The fourth-order valence-corrected chi connectivity index (χ4v) is 0.663. The lowest BCUT2D eigenvalue weighted by molar-refractivity contribution is 0.398. The third-order valence-corrected chi connectivity index (χ3v) is 1.14. The summed E-state index contributed by atoms with van der Waals surface area (Å²) in [6, 6.07) is 3.33. The molecule has 0 aliphatic carbocycles. The Morgan fingerprint density at radius 1 is 1.73 bits per heavy atom. The van der Waals surface area contributed by atoms with E-state index in [-0.39, 0.29) is 0 Å². The van der Waals surface area contributed by atoms with Crippen molar-refractivity contribution in [2.75, 3.05) is 12.4 Å². The van der Waals surface area contributed by atoms with Gasteiger partial charge in [0.2, 0.25) is 5.88 Å². The van der Waals surface area contributed by atoms with E-state index in [9.17, 15) is 0 Å². The quantitative estimate of drug-likeness (QED) is 0.503. The van der Waals surface area contributed by atoms with Crippen LogP contribution in [0, 0.1) is 11.5 Å². The van der Waals surface area contributed by atoms with Crippen molar-refractivity contribution in [1.82, 2.24) is 4.98 Å². The monoisotopic (exact) mass is 149 g/mol. The van der Waals surface area contributed by atoms with Crippen molar-refractivity contribution in [3.63, 3.8) is 0 Å². The predicted molar refractivity (Wildman–Crippen MR) is 40.0 cm³/mol. The average molecular weight is 149 g/mol. The Balaban J connectivity index is 2.84. The molecule has 0 unspecified atom stereocenters. The standard InChI is InChI=1S/C7H7N3O/c1-11-7-4-6(10-5-8)2-3-9-7/h2-4H,1H3,(H,9,10). The van der Waals surface area contributed by atoms with Crippen molar-refractivity contribution < 1.29 is 4.74 Å². The Morgan fingerprint density at radius 3 is 3.18 bits per heavy atom. The van der Waals surface area contributed by atoms with Gasteiger partial charge in [-0.2, -0.15) is 5.26 Å². The molecule has 0 spiro atoms. The van der Waals surface area contributed by atoms with E-state index in [2.05, 4.69) is 10.3 Å². The summed E-state index contributed by atoms with van der Waals surface area (Å²) in [4.78, 5) is 3.87. The van der Waals surface area contributed by atoms with Gasteiger partial charge < -0.3 is 4.74 Å². The number of nitrogens with one attached hydrogen (secondary N) is 1. The second-order valence-corrected chi connectivity index (χ2v) is 1.82. The van der Waals surface area contributed by atoms with Crippen LogP contribution in [0.1, 0.15) is 0 Å². The SMILES string of the molecule is COc1cc(NC#N)ccn1. The van der Waals surface area contributed by atoms with Crippen molar-refractivity contribution in [3.05, 3.63) is 18.3 Å². The molecule has 0 radical (unpaired) electrons. The maximum atomic E-state index is 8.26. The molecule has 0 bridgehead atoms. The second-order valence-electron chi connectivity index (χ2n) is 1.82. The lowest BCUT2D eigenvalue weighted by atomic mass is 10.4. The number of aromatic nitrogens is 1. The fourth-order valence-electron chi connectivity index (χ4n) is 0.663. The summed E-state index contributed by atoms with van der Waals surface area (Å²) in [5, 5.41) is 10.7. The molecule has 0 aromatic carbocycles. The second kappa shape index (κ2) is 3.42. The number of hydrogen-bond donors (Lipinski definition) is 1. The van der Waals surface area contributed by atoms with E-state index in [1.165, 1.54) is 7.11 Å². The van der Waals surface area contributed by atoms with Crippen molar-refractivity contribution in [1.29, 1.82) is 5.26 Å². The Kier molecular flexibility index (Phi) is 2.28. The number of ether oxygens (including phenoxy) is 1. The van der Waals surface area contributed by atoms with Gasteiger partial charge in [0, 0.05) is 12.3 Å². The summed E-state index contributed by atoms with van der Waals surface area (Å²) in [7, 11) is 1.53. The number of anilines is 1. The summed E-state index contributed by atoms with van der Waals surface area (Å²) in [5.74, 6) is 0.491. The molecule has 1 aromatic heterocycles. The third kappa shape index (κ3) is 1.83. The van der Waals surface area contributed by atoms with Gasteiger partial charge in [0.1, 0.15) is 0 Å². The van der Waals surface area contributed by atoms with Gasteiger partial charge in [-0.25, -0.2) is 4.98 Å². The molecular weight excluding hydrogens is 142 g/mol. The van der Waals surface area contributed by atoms with E-state index >= 15 is 0 Å². The molecule has 1 aromatic rings. The Hall–Kier alpha value is -1.76. The molecule has 4 heteroatoms. The van der Waals surface area contributed by atoms with Crippen LogP contribution >= 0.6 is 0 Å². The number of nitriles is 1. The highest BCUT2D eigenvalue weighted by molar-refractivity contribution is 5.47. The van der Waals surface area contributed by atoms with Crippen LogP contribution in [-0.2, 0) is 0 Å². The first kappa shape index (κ1) is 7.35. The highest BCUT2D eigenvalue weighted by atomic mass is 16.5. The van der Waals surface area contributed by atoms with Gasteiger partial charge in [-0.15, -0.1) is 0 Å². The van der Waals surface area contributed by atoms with Crippen LogP contribution in [0.25, 0.3) is 0 Å². The van der Waals surface area contributed by atoms with E-state index < -0.39 is 0 Å². The molecule has 4 nitrogen and oxygen atoms in total. The molecule has 0 saturated heterocycles. The van der Waals surface area contributed by atoms with Crippen LogP contribution in [0.15, 0.2) is 18.3 Å². The molecule has 0 amide bonds. The molecular formula is C7H7N3O. The zero-order chi connectivity index (χ0) is 8.10. The topological polar surface area (TPSA) is 57.9 Å². The molecule has 0 atom stereocenters. The van der Waals surface area contributed by atoms with Gasteiger partial charge in [-0.1, -0.05) is 0 Å². The van der Waals surface area contributed by atoms with Crippen LogP contribution in [0.4, 0.5) is 5.69 Å². The number of rotatable bonds is 2. The van der Waals surface area contributed by atoms with Gasteiger partial charge in [-0.3, -0.25) is 5.32 Å². The summed E-state index contributed by atoms with van der Waals surface area (Å²) in [6.07, 6.45) is 3.37. The third-order valence-electron chi connectivity index (χ3n) is 1.14. The first-order chi connectivity index (χ1) is 5.36. The van der Waals surface area contributed by atoms with Crippen molar-refractivity contribution in [2.24, 2.45) is 0 Å². The number of pyridine rings is 1. The summed E-state index contributed by atoms with van der Waals surface area (Å²) in [6.45, 7) is 0. The molecule has 1 N–H and O–H groups in total. The Morgan fingerprint density at radius 2 is 2.55 bits per heavy atom. The van der Waals surface area contributed by atoms with Gasteiger partial charge in [0.25, 0.3) is 0 Å². The van der Waals surface area contributed by atoms with E-state index in [1.807, 2.05) is 0 Å². The lowest BCUT2D eigenvalue weighted by Gasteiger charge is -1.99. The molecule has 1 heterocycles. The lowest BCUT2D eigenvalue weighted by Crippen LogP contribution is -1.90. The van der Waals surface area contributed by atoms with Gasteiger partial charge in [-0.05, 0) is 6.07 Å². The molecule has 56 valence electrons.